The maximum Gasteiger partial charge on any atom is 0.140 e. The molecule has 0 aromatic heterocycles. The predicted molar refractivity (Wildman–Crippen MR) is 66.6 cm³/mol. The highest BCUT2D eigenvalue weighted by Crippen LogP contribution is 2.32. The molecular weight excluding hydrogens is 196 g/mol. The van der Waals surface area contributed by atoms with Gasteiger partial charge in [0.1, 0.15) is 5.78 Å². The standard InChI is InChI=1S/C15H20O/c1-15(2,3)13-7-5-4-6-12(13)10-14(16)11-8-9-11/h4-7,11H,8-10H2,1-3H3. The van der Waals surface area contributed by atoms with Crippen molar-refractivity contribution in [3.05, 3.63) is 35.4 Å². The van der Waals surface area contributed by atoms with E-state index in [1.54, 1.807) is 0 Å². The van der Waals surface area contributed by atoms with Crippen molar-refractivity contribution >= 4 is 5.78 Å². The fraction of sp³-hybridized carbons (Fsp3) is 0.533. The molecule has 1 fully saturated rings. The lowest BCUT2D eigenvalue weighted by atomic mass is 9.82. The smallest absolute Gasteiger partial charge is 0.140 e. The molecule has 0 atom stereocenters. The zero-order valence-corrected chi connectivity index (χ0v) is 10.4. The molecule has 0 bridgehead atoms. The lowest BCUT2D eigenvalue weighted by molar-refractivity contribution is -0.119. The fourth-order valence-corrected chi connectivity index (χ4v) is 2.14. The zero-order valence-electron chi connectivity index (χ0n) is 10.4. The van der Waals surface area contributed by atoms with Crippen molar-refractivity contribution in [2.45, 2.75) is 45.4 Å². The summed E-state index contributed by atoms with van der Waals surface area (Å²) in [4.78, 5) is 11.9. The number of carbonyl (C=O) groups is 1. The van der Waals surface area contributed by atoms with Crippen molar-refractivity contribution in [3.8, 4) is 0 Å². The van der Waals surface area contributed by atoms with Gasteiger partial charge in [0.15, 0.2) is 0 Å². The molecule has 16 heavy (non-hydrogen) atoms. The molecule has 86 valence electrons. The van der Waals surface area contributed by atoms with Gasteiger partial charge < -0.3 is 0 Å². The lowest BCUT2D eigenvalue weighted by Gasteiger charge is -2.22. The minimum atomic E-state index is 0.125. The molecule has 0 saturated heterocycles. The molecule has 1 aliphatic rings. The number of carbonyl (C=O) groups excluding carboxylic acids is 1. The monoisotopic (exact) mass is 216 g/mol. The third-order valence-electron chi connectivity index (χ3n) is 3.22. The Kier molecular flexibility index (Phi) is 2.88. The summed E-state index contributed by atoms with van der Waals surface area (Å²) in [5.74, 6) is 0.796. The Bertz CT molecular complexity index is 394. The van der Waals surface area contributed by atoms with Crippen LogP contribution >= 0.6 is 0 Å². The van der Waals surface area contributed by atoms with Gasteiger partial charge in [-0.25, -0.2) is 0 Å². The fourth-order valence-electron chi connectivity index (χ4n) is 2.14. The Morgan fingerprint density at radius 3 is 2.44 bits per heavy atom. The zero-order chi connectivity index (χ0) is 11.8. The molecule has 0 amide bonds. The van der Waals surface area contributed by atoms with Crippen LogP contribution in [0, 0.1) is 5.92 Å². The van der Waals surface area contributed by atoms with Gasteiger partial charge in [-0.2, -0.15) is 0 Å². The number of ketones is 1. The summed E-state index contributed by atoms with van der Waals surface area (Å²) in [6, 6.07) is 8.34. The maximum absolute atomic E-state index is 11.9. The molecule has 0 heterocycles. The Morgan fingerprint density at radius 2 is 1.88 bits per heavy atom. The van der Waals surface area contributed by atoms with Crippen molar-refractivity contribution in [2.75, 3.05) is 0 Å². The molecule has 1 nitrogen and oxygen atoms in total. The first-order chi connectivity index (χ1) is 7.48. The number of hydrogen-bond acceptors (Lipinski definition) is 1. The summed E-state index contributed by atoms with van der Waals surface area (Å²) in [6.07, 6.45) is 2.84. The van der Waals surface area contributed by atoms with Crippen LogP contribution in [0.2, 0.25) is 0 Å². The van der Waals surface area contributed by atoms with Gasteiger partial charge in [0.25, 0.3) is 0 Å². The Labute approximate surface area is 97.9 Å². The molecule has 0 radical (unpaired) electrons. The van der Waals surface area contributed by atoms with Crippen LogP contribution in [0.3, 0.4) is 0 Å². The van der Waals surface area contributed by atoms with Gasteiger partial charge in [-0.3, -0.25) is 4.79 Å². The quantitative estimate of drug-likeness (QED) is 0.755. The first-order valence-corrected chi connectivity index (χ1v) is 6.09. The number of Topliss-reactive ketones (excluding diaryl/α,β-unsaturated/α-hetero) is 1. The molecule has 1 heteroatoms. The third-order valence-corrected chi connectivity index (χ3v) is 3.22. The SMILES string of the molecule is CC(C)(C)c1ccccc1CC(=O)C1CC1. The minimum Gasteiger partial charge on any atom is -0.299 e. The largest absolute Gasteiger partial charge is 0.299 e. The molecule has 1 aliphatic carbocycles. The predicted octanol–water partition coefficient (Wildman–Crippen LogP) is 3.51. The second-order valence-electron chi connectivity index (χ2n) is 5.82. The van der Waals surface area contributed by atoms with E-state index in [-0.39, 0.29) is 5.41 Å². The van der Waals surface area contributed by atoms with Gasteiger partial charge in [0, 0.05) is 12.3 Å². The third kappa shape index (κ3) is 2.52. The molecule has 0 aliphatic heterocycles. The first-order valence-electron chi connectivity index (χ1n) is 6.09. The molecule has 1 aromatic carbocycles. The molecule has 1 aromatic rings. The van der Waals surface area contributed by atoms with Gasteiger partial charge in [0.2, 0.25) is 0 Å². The number of benzene rings is 1. The van der Waals surface area contributed by atoms with E-state index >= 15 is 0 Å². The first kappa shape index (κ1) is 11.4. The highest BCUT2D eigenvalue weighted by atomic mass is 16.1. The van der Waals surface area contributed by atoms with Crippen LogP contribution in [-0.2, 0) is 16.6 Å². The minimum absolute atomic E-state index is 0.125. The molecule has 0 N–H and O–H groups in total. The van der Waals surface area contributed by atoms with E-state index in [0.29, 0.717) is 18.1 Å². The van der Waals surface area contributed by atoms with E-state index in [2.05, 4.69) is 39.0 Å². The summed E-state index contributed by atoms with van der Waals surface area (Å²) in [7, 11) is 0. The van der Waals surface area contributed by atoms with E-state index in [4.69, 9.17) is 0 Å². The average Bonchev–Trinajstić information content (AvgIpc) is 2.99. The van der Waals surface area contributed by atoms with Crippen LogP contribution < -0.4 is 0 Å². The molecular formula is C15H20O. The number of hydrogen-bond donors (Lipinski definition) is 0. The molecule has 1 saturated carbocycles. The van der Waals surface area contributed by atoms with Crippen molar-refractivity contribution in [3.63, 3.8) is 0 Å². The van der Waals surface area contributed by atoms with Crippen LogP contribution in [0.5, 0.6) is 0 Å². The Hall–Kier alpha value is -1.11. The molecule has 0 unspecified atom stereocenters. The Balaban J connectivity index is 2.22. The molecule has 0 spiro atoms. The van der Waals surface area contributed by atoms with E-state index in [9.17, 15) is 4.79 Å². The van der Waals surface area contributed by atoms with Crippen molar-refractivity contribution in [1.29, 1.82) is 0 Å². The van der Waals surface area contributed by atoms with Crippen LogP contribution in [-0.4, -0.2) is 5.78 Å². The van der Waals surface area contributed by atoms with E-state index in [1.165, 1.54) is 11.1 Å². The summed E-state index contributed by atoms with van der Waals surface area (Å²) in [5, 5.41) is 0. The van der Waals surface area contributed by atoms with Gasteiger partial charge in [-0.05, 0) is 29.4 Å². The molecule has 2 rings (SSSR count). The van der Waals surface area contributed by atoms with Crippen LogP contribution in [0.15, 0.2) is 24.3 Å². The second kappa shape index (κ2) is 4.04. The Morgan fingerprint density at radius 1 is 1.25 bits per heavy atom. The maximum atomic E-state index is 11.9. The van der Waals surface area contributed by atoms with E-state index < -0.39 is 0 Å². The van der Waals surface area contributed by atoms with Crippen LogP contribution in [0.1, 0.15) is 44.7 Å². The second-order valence-corrected chi connectivity index (χ2v) is 5.82. The summed E-state index contributed by atoms with van der Waals surface area (Å²) in [5.41, 5.74) is 2.65. The lowest BCUT2D eigenvalue weighted by Crippen LogP contribution is -2.16. The highest BCUT2D eigenvalue weighted by Gasteiger charge is 2.30. The van der Waals surface area contributed by atoms with Crippen molar-refractivity contribution in [1.82, 2.24) is 0 Å². The normalized spacial score (nSPS) is 16.2. The van der Waals surface area contributed by atoms with Crippen molar-refractivity contribution < 1.29 is 4.79 Å². The van der Waals surface area contributed by atoms with E-state index in [1.807, 2.05) is 6.07 Å². The summed E-state index contributed by atoms with van der Waals surface area (Å²) >= 11 is 0. The van der Waals surface area contributed by atoms with E-state index in [0.717, 1.165) is 12.8 Å². The summed E-state index contributed by atoms with van der Waals surface area (Å²) in [6.45, 7) is 6.61. The topological polar surface area (TPSA) is 17.1 Å². The van der Waals surface area contributed by atoms with Gasteiger partial charge in [0.05, 0.1) is 0 Å². The summed E-state index contributed by atoms with van der Waals surface area (Å²) < 4.78 is 0. The highest BCUT2D eigenvalue weighted by molar-refractivity contribution is 5.85. The van der Waals surface area contributed by atoms with Gasteiger partial charge in [-0.1, -0.05) is 45.0 Å². The van der Waals surface area contributed by atoms with Crippen molar-refractivity contribution in [2.24, 2.45) is 5.92 Å². The van der Waals surface area contributed by atoms with Gasteiger partial charge in [-0.15, -0.1) is 0 Å². The van der Waals surface area contributed by atoms with Crippen LogP contribution in [0.25, 0.3) is 0 Å². The average molecular weight is 216 g/mol. The number of rotatable bonds is 3. The van der Waals surface area contributed by atoms with Gasteiger partial charge >= 0.3 is 0 Å². The van der Waals surface area contributed by atoms with Crippen LogP contribution in [0.4, 0.5) is 0 Å².